The Labute approximate surface area is 163 Å². The van der Waals surface area contributed by atoms with Crippen LogP contribution in [0.5, 0.6) is 0 Å². The van der Waals surface area contributed by atoms with E-state index in [1.165, 1.54) is 17.2 Å². The molecule has 7 heteroatoms. The number of aryl methyl sites for hydroxylation is 1. The number of para-hydroxylation sites is 2. The van der Waals surface area contributed by atoms with Gasteiger partial charge in [0.1, 0.15) is 5.69 Å². The lowest BCUT2D eigenvalue weighted by Crippen LogP contribution is -2.48. The average molecular weight is 382 g/mol. The molecule has 1 fully saturated rings. The molecule has 2 aromatic carbocycles. The van der Waals surface area contributed by atoms with E-state index in [4.69, 9.17) is 12.2 Å². The zero-order chi connectivity index (χ0) is 19.1. The first-order valence-electron chi connectivity index (χ1n) is 9.08. The molecule has 1 saturated heterocycles. The normalized spacial score (nSPS) is 21.5. The number of nitro benzene ring substituents is 1. The van der Waals surface area contributed by atoms with Gasteiger partial charge in [-0.2, -0.15) is 0 Å². The molecule has 2 aliphatic heterocycles. The summed E-state index contributed by atoms with van der Waals surface area (Å²) in [6, 6.07) is 13.4. The first-order chi connectivity index (χ1) is 13.0. The standard InChI is InChI=1S/C20H22N4O2S/c1-13-7-8-17-14(11-13)15-12-22(2)10-9-18(15)23(17)20(27)21-16-5-3-4-6-19(16)24(25)26/h3-8,11,15,18H,9-10,12H2,1-2H3,(H,21,27). The van der Waals surface area contributed by atoms with E-state index in [2.05, 4.69) is 47.3 Å². The number of likely N-dealkylation sites (N-methyl/N-ethyl adjacent to an activating group) is 1. The molecule has 2 aromatic rings. The fraction of sp³-hybridized carbons (Fsp3) is 0.350. The fourth-order valence-electron chi connectivity index (χ4n) is 4.26. The van der Waals surface area contributed by atoms with Gasteiger partial charge < -0.3 is 15.1 Å². The molecule has 0 saturated carbocycles. The topological polar surface area (TPSA) is 61.6 Å². The lowest BCUT2D eigenvalue weighted by Gasteiger charge is -2.37. The van der Waals surface area contributed by atoms with E-state index < -0.39 is 0 Å². The highest BCUT2D eigenvalue weighted by Gasteiger charge is 2.43. The number of nitro groups is 1. The second kappa shape index (κ2) is 6.90. The third-order valence-electron chi connectivity index (χ3n) is 5.51. The summed E-state index contributed by atoms with van der Waals surface area (Å²) in [5.74, 6) is 0.393. The summed E-state index contributed by atoms with van der Waals surface area (Å²) in [6.07, 6.45) is 1.01. The molecule has 4 rings (SSSR count). The van der Waals surface area contributed by atoms with Gasteiger partial charge >= 0.3 is 0 Å². The molecule has 1 N–H and O–H groups in total. The molecule has 2 heterocycles. The largest absolute Gasteiger partial charge is 0.327 e. The quantitative estimate of drug-likeness (QED) is 0.483. The van der Waals surface area contributed by atoms with Crippen LogP contribution >= 0.6 is 12.2 Å². The van der Waals surface area contributed by atoms with E-state index in [1.807, 2.05) is 0 Å². The van der Waals surface area contributed by atoms with Crippen molar-refractivity contribution in [2.75, 3.05) is 30.4 Å². The minimum absolute atomic E-state index is 0.0307. The number of thiocarbonyl (C=S) groups is 1. The van der Waals surface area contributed by atoms with Crippen molar-refractivity contribution in [1.82, 2.24) is 4.90 Å². The monoisotopic (exact) mass is 382 g/mol. The van der Waals surface area contributed by atoms with Crippen molar-refractivity contribution in [2.45, 2.75) is 25.3 Å². The lowest BCUT2D eigenvalue weighted by atomic mass is 9.89. The van der Waals surface area contributed by atoms with Gasteiger partial charge in [0.15, 0.2) is 5.11 Å². The maximum absolute atomic E-state index is 11.3. The molecule has 6 nitrogen and oxygen atoms in total. The van der Waals surface area contributed by atoms with Crippen molar-refractivity contribution in [3.05, 3.63) is 63.7 Å². The van der Waals surface area contributed by atoms with Gasteiger partial charge in [0.2, 0.25) is 0 Å². The molecule has 2 aliphatic rings. The molecule has 0 bridgehead atoms. The third-order valence-corrected chi connectivity index (χ3v) is 5.81. The van der Waals surface area contributed by atoms with E-state index >= 15 is 0 Å². The highest BCUT2D eigenvalue weighted by atomic mass is 32.1. The molecular formula is C20H22N4O2S. The molecule has 0 aliphatic carbocycles. The Morgan fingerprint density at radius 2 is 2.07 bits per heavy atom. The van der Waals surface area contributed by atoms with Crippen molar-refractivity contribution in [3.63, 3.8) is 0 Å². The van der Waals surface area contributed by atoms with E-state index in [-0.39, 0.29) is 16.7 Å². The fourth-order valence-corrected chi connectivity index (χ4v) is 4.60. The van der Waals surface area contributed by atoms with E-state index in [0.717, 1.165) is 25.2 Å². The van der Waals surface area contributed by atoms with Crippen LogP contribution < -0.4 is 10.2 Å². The molecule has 140 valence electrons. The van der Waals surface area contributed by atoms with Crippen molar-refractivity contribution < 1.29 is 4.92 Å². The summed E-state index contributed by atoms with van der Waals surface area (Å²) < 4.78 is 0. The molecule has 2 atom stereocenters. The average Bonchev–Trinajstić information content (AvgIpc) is 2.95. The summed E-state index contributed by atoms with van der Waals surface area (Å²) in [5, 5.41) is 15.0. The predicted octanol–water partition coefficient (Wildman–Crippen LogP) is 3.91. The maximum Gasteiger partial charge on any atom is 0.292 e. The van der Waals surface area contributed by atoms with Gasteiger partial charge in [-0.05, 0) is 56.9 Å². The number of rotatable bonds is 2. The van der Waals surface area contributed by atoms with Crippen LogP contribution in [0.3, 0.4) is 0 Å². The van der Waals surface area contributed by atoms with Crippen molar-refractivity contribution in [3.8, 4) is 0 Å². The zero-order valence-electron chi connectivity index (χ0n) is 15.4. The van der Waals surface area contributed by atoms with Crippen LogP contribution in [0, 0.1) is 17.0 Å². The number of benzene rings is 2. The van der Waals surface area contributed by atoms with Gasteiger partial charge in [0.05, 0.1) is 4.92 Å². The number of nitrogens with zero attached hydrogens (tertiary/aromatic N) is 3. The Morgan fingerprint density at radius 1 is 1.30 bits per heavy atom. The first kappa shape index (κ1) is 17.9. The molecular weight excluding hydrogens is 360 g/mol. The van der Waals surface area contributed by atoms with E-state index in [0.29, 0.717) is 16.7 Å². The molecule has 2 unspecified atom stereocenters. The highest BCUT2D eigenvalue weighted by molar-refractivity contribution is 7.80. The number of nitrogens with one attached hydrogen (secondary N) is 1. The Balaban J connectivity index is 1.69. The van der Waals surface area contributed by atoms with Gasteiger partial charge in [0, 0.05) is 30.3 Å². The van der Waals surface area contributed by atoms with Gasteiger partial charge in [-0.25, -0.2) is 0 Å². The van der Waals surface area contributed by atoms with Crippen molar-refractivity contribution in [1.29, 1.82) is 0 Å². The SMILES string of the molecule is Cc1ccc2c(c1)C1CN(C)CCC1N2C(=S)Nc1ccccc1[N+](=O)[O-]. The zero-order valence-corrected chi connectivity index (χ0v) is 16.2. The number of anilines is 2. The number of fused-ring (bicyclic) bond motifs is 3. The van der Waals surface area contributed by atoms with Gasteiger partial charge in [-0.1, -0.05) is 29.8 Å². The summed E-state index contributed by atoms with van der Waals surface area (Å²) >= 11 is 5.73. The van der Waals surface area contributed by atoms with Crippen molar-refractivity contribution in [2.24, 2.45) is 0 Å². The Morgan fingerprint density at radius 3 is 2.85 bits per heavy atom. The van der Waals surface area contributed by atoms with Crippen LogP contribution in [0.2, 0.25) is 0 Å². The molecule has 0 spiro atoms. The number of piperidine rings is 1. The highest BCUT2D eigenvalue weighted by Crippen LogP contribution is 2.45. The summed E-state index contributed by atoms with van der Waals surface area (Å²) in [4.78, 5) is 15.5. The van der Waals surface area contributed by atoms with Crippen LogP contribution in [-0.4, -0.2) is 41.1 Å². The Bertz CT molecular complexity index is 917. The number of likely N-dealkylation sites (tertiary alicyclic amines) is 1. The van der Waals surface area contributed by atoms with Gasteiger partial charge in [-0.3, -0.25) is 10.1 Å². The molecule has 0 aromatic heterocycles. The number of hydrogen-bond donors (Lipinski definition) is 1. The second-order valence-corrected chi connectivity index (χ2v) is 7.75. The van der Waals surface area contributed by atoms with Gasteiger partial charge in [-0.15, -0.1) is 0 Å². The Kier molecular flexibility index (Phi) is 4.57. The minimum atomic E-state index is -0.384. The predicted molar refractivity (Wildman–Crippen MR) is 112 cm³/mol. The van der Waals surface area contributed by atoms with Crippen LogP contribution in [0.15, 0.2) is 42.5 Å². The molecule has 0 radical (unpaired) electrons. The van der Waals surface area contributed by atoms with E-state index in [9.17, 15) is 10.1 Å². The number of hydrogen-bond acceptors (Lipinski definition) is 4. The maximum atomic E-state index is 11.3. The van der Waals surface area contributed by atoms with Crippen molar-refractivity contribution >= 4 is 34.4 Å². The first-order valence-corrected chi connectivity index (χ1v) is 9.49. The van der Waals surface area contributed by atoms with Crippen LogP contribution in [0.1, 0.15) is 23.5 Å². The molecule has 0 amide bonds. The van der Waals surface area contributed by atoms with Gasteiger partial charge in [0.25, 0.3) is 5.69 Å². The van der Waals surface area contributed by atoms with E-state index in [1.54, 1.807) is 18.2 Å². The lowest BCUT2D eigenvalue weighted by molar-refractivity contribution is -0.383. The second-order valence-electron chi connectivity index (χ2n) is 7.36. The summed E-state index contributed by atoms with van der Waals surface area (Å²) in [5.41, 5.74) is 4.13. The van der Waals surface area contributed by atoms with Crippen LogP contribution in [-0.2, 0) is 0 Å². The van der Waals surface area contributed by atoms with Crippen LogP contribution in [0.4, 0.5) is 17.1 Å². The van der Waals surface area contributed by atoms with Crippen LogP contribution in [0.25, 0.3) is 0 Å². The minimum Gasteiger partial charge on any atom is -0.327 e. The summed E-state index contributed by atoms with van der Waals surface area (Å²) in [7, 11) is 2.15. The Hall–Kier alpha value is -2.51. The smallest absolute Gasteiger partial charge is 0.292 e. The summed E-state index contributed by atoms with van der Waals surface area (Å²) in [6.45, 7) is 4.11. The third kappa shape index (κ3) is 3.17. The molecule has 27 heavy (non-hydrogen) atoms.